The minimum atomic E-state index is -0.485. The number of benzene rings is 3. The molecule has 0 saturated heterocycles. The number of carbonyl (C=O) groups excluding carboxylic acids is 2. The summed E-state index contributed by atoms with van der Waals surface area (Å²) in [6.07, 6.45) is 8.35. The van der Waals surface area contributed by atoms with Crippen molar-refractivity contribution < 1.29 is 9.59 Å². The summed E-state index contributed by atoms with van der Waals surface area (Å²) in [5, 5.41) is 7.26. The number of amides is 2. The van der Waals surface area contributed by atoms with Crippen LogP contribution in [0.2, 0.25) is 0 Å². The third kappa shape index (κ3) is 7.01. The Morgan fingerprint density at radius 1 is 0.902 bits per heavy atom. The highest BCUT2D eigenvalue weighted by Crippen LogP contribution is 2.33. The Morgan fingerprint density at radius 3 is 2.24 bits per heavy atom. The van der Waals surface area contributed by atoms with E-state index in [1.54, 1.807) is 18.3 Å². The van der Waals surface area contributed by atoms with Crippen LogP contribution in [0.15, 0.2) is 96.1 Å². The SMILES string of the molecule is Cc1cc(/C=N\NC(=O)C[C@H](NC(=O)c2ccccc2)c2ccccc2)c(C)n1-c1ccc(C2CCCCC2)cc1. The van der Waals surface area contributed by atoms with E-state index in [-0.39, 0.29) is 18.2 Å². The van der Waals surface area contributed by atoms with Crippen LogP contribution in [0.4, 0.5) is 0 Å². The molecule has 4 aromatic rings. The van der Waals surface area contributed by atoms with Crippen LogP contribution in [0.3, 0.4) is 0 Å². The van der Waals surface area contributed by atoms with E-state index >= 15 is 0 Å². The standard InChI is InChI=1S/C35H38N4O2/c1-25-22-31(26(2)39(25)32-20-18-28(19-21-32)27-12-6-3-7-13-27)24-36-38-34(40)23-33(29-14-8-4-9-15-29)37-35(41)30-16-10-5-11-17-30/h4-5,8-11,14-22,24,27,33H,3,6-7,12-13,23H2,1-2H3,(H,37,41)(H,38,40)/b36-24-/t33-/m0/s1. The van der Waals surface area contributed by atoms with Gasteiger partial charge < -0.3 is 9.88 Å². The van der Waals surface area contributed by atoms with E-state index < -0.39 is 6.04 Å². The van der Waals surface area contributed by atoms with E-state index in [0.29, 0.717) is 11.5 Å². The van der Waals surface area contributed by atoms with Gasteiger partial charge in [0.2, 0.25) is 5.91 Å². The summed E-state index contributed by atoms with van der Waals surface area (Å²) < 4.78 is 2.22. The van der Waals surface area contributed by atoms with E-state index in [9.17, 15) is 9.59 Å². The van der Waals surface area contributed by atoms with Crippen molar-refractivity contribution in [3.8, 4) is 5.69 Å². The van der Waals surface area contributed by atoms with E-state index in [1.165, 1.54) is 37.7 Å². The van der Waals surface area contributed by atoms with Crippen molar-refractivity contribution in [1.82, 2.24) is 15.3 Å². The molecule has 2 N–H and O–H groups in total. The number of nitrogens with one attached hydrogen (secondary N) is 2. The van der Waals surface area contributed by atoms with Gasteiger partial charge in [0.05, 0.1) is 18.7 Å². The molecule has 1 fully saturated rings. The van der Waals surface area contributed by atoms with Crippen LogP contribution in [0.25, 0.3) is 5.69 Å². The molecule has 0 bridgehead atoms. The summed E-state index contributed by atoms with van der Waals surface area (Å²) in [5.41, 5.74) is 9.73. The van der Waals surface area contributed by atoms with Crippen molar-refractivity contribution in [2.75, 3.05) is 0 Å². The molecule has 6 nitrogen and oxygen atoms in total. The average Bonchev–Trinajstić information content (AvgIpc) is 3.30. The van der Waals surface area contributed by atoms with Crippen LogP contribution in [0.1, 0.15) is 88.9 Å². The smallest absolute Gasteiger partial charge is 0.251 e. The molecule has 1 atom stereocenters. The Bertz CT molecular complexity index is 1480. The van der Waals surface area contributed by atoms with Crippen molar-refractivity contribution in [2.24, 2.45) is 5.10 Å². The zero-order valence-electron chi connectivity index (χ0n) is 23.8. The number of aryl methyl sites for hydroxylation is 1. The first-order valence-electron chi connectivity index (χ1n) is 14.5. The summed E-state index contributed by atoms with van der Waals surface area (Å²) in [4.78, 5) is 25.7. The number of hydrogen-bond acceptors (Lipinski definition) is 3. The summed E-state index contributed by atoms with van der Waals surface area (Å²) in [6.45, 7) is 4.15. The minimum Gasteiger partial charge on any atom is -0.345 e. The van der Waals surface area contributed by atoms with Gasteiger partial charge in [0.25, 0.3) is 5.91 Å². The lowest BCUT2D eigenvalue weighted by molar-refractivity contribution is -0.121. The van der Waals surface area contributed by atoms with Gasteiger partial charge in [-0.25, -0.2) is 5.43 Å². The molecule has 5 rings (SSSR count). The quantitative estimate of drug-likeness (QED) is 0.173. The Balaban J connectivity index is 1.24. The lowest BCUT2D eigenvalue weighted by Crippen LogP contribution is -2.32. The molecule has 0 unspecified atom stereocenters. The average molecular weight is 547 g/mol. The highest BCUT2D eigenvalue weighted by Gasteiger charge is 2.19. The van der Waals surface area contributed by atoms with Crippen LogP contribution in [-0.4, -0.2) is 22.6 Å². The van der Waals surface area contributed by atoms with Gasteiger partial charge in [0.1, 0.15) is 0 Å². The Labute approximate surface area is 242 Å². The van der Waals surface area contributed by atoms with E-state index in [0.717, 1.165) is 28.2 Å². The van der Waals surface area contributed by atoms with Gasteiger partial charge in [-0.05, 0) is 74.1 Å². The molecule has 0 aliphatic heterocycles. The number of nitrogens with zero attached hydrogens (tertiary/aromatic N) is 2. The van der Waals surface area contributed by atoms with Crippen molar-refractivity contribution in [1.29, 1.82) is 0 Å². The Hall–Kier alpha value is -4.45. The molecule has 3 aromatic carbocycles. The number of hydrazone groups is 1. The van der Waals surface area contributed by atoms with Gasteiger partial charge in [-0.2, -0.15) is 5.10 Å². The molecule has 1 saturated carbocycles. The van der Waals surface area contributed by atoms with Crippen LogP contribution >= 0.6 is 0 Å². The molecule has 1 heterocycles. The Kier molecular flexibility index (Phi) is 9.09. The second-order valence-corrected chi connectivity index (χ2v) is 10.9. The molecular formula is C35H38N4O2. The second-order valence-electron chi connectivity index (χ2n) is 10.9. The predicted molar refractivity (Wildman–Crippen MR) is 165 cm³/mol. The largest absolute Gasteiger partial charge is 0.345 e. The summed E-state index contributed by atoms with van der Waals surface area (Å²) in [6, 6.07) is 29.1. The van der Waals surface area contributed by atoms with Crippen LogP contribution in [0.5, 0.6) is 0 Å². The molecule has 1 aliphatic rings. The van der Waals surface area contributed by atoms with E-state index in [1.807, 2.05) is 48.5 Å². The van der Waals surface area contributed by atoms with Crippen molar-refractivity contribution >= 4 is 18.0 Å². The number of aromatic nitrogens is 1. The topological polar surface area (TPSA) is 75.5 Å². The summed E-state index contributed by atoms with van der Waals surface area (Å²) in [5.74, 6) is 0.176. The summed E-state index contributed by atoms with van der Waals surface area (Å²) >= 11 is 0. The highest BCUT2D eigenvalue weighted by molar-refractivity contribution is 5.94. The fourth-order valence-electron chi connectivity index (χ4n) is 5.82. The zero-order chi connectivity index (χ0) is 28.6. The second kappa shape index (κ2) is 13.3. The van der Waals surface area contributed by atoms with Gasteiger partial charge in [-0.3, -0.25) is 9.59 Å². The first-order valence-corrected chi connectivity index (χ1v) is 14.5. The summed E-state index contributed by atoms with van der Waals surface area (Å²) in [7, 11) is 0. The highest BCUT2D eigenvalue weighted by atomic mass is 16.2. The first-order chi connectivity index (χ1) is 20.0. The molecule has 0 spiro atoms. The van der Waals surface area contributed by atoms with Crippen molar-refractivity contribution in [3.05, 3.63) is 125 Å². The number of carbonyl (C=O) groups is 2. The maximum absolute atomic E-state index is 12.9. The van der Waals surface area contributed by atoms with E-state index in [2.05, 4.69) is 64.6 Å². The zero-order valence-corrected chi connectivity index (χ0v) is 23.8. The van der Waals surface area contributed by atoms with E-state index in [4.69, 9.17) is 0 Å². The molecule has 210 valence electrons. The Morgan fingerprint density at radius 2 is 1.56 bits per heavy atom. The van der Waals surface area contributed by atoms with Crippen molar-refractivity contribution in [3.63, 3.8) is 0 Å². The third-order valence-electron chi connectivity index (χ3n) is 8.02. The molecule has 2 amide bonds. The molecule has 41 heavy (non-hydrogen) atoms. The fraction of sp³-hybridized carbons (Fsp3) is 0.286. The molecular weight excluding hydrogens is 508 g/mol. The van der Waals surface area contributed by atoms with Gasteiger partial charge in [-0.1, -0.05) is 79.9 Å². The fourth-order valence-corrected chi connectivity index (χ4v) is 5.82. The molecule has 6 heteroatoms. The lowest BCUT2D eigenvalue weighted by Gasteiger charge is -2.22. The lowest BCUT2D eigenvalue weighted by atomic mass is 9.84. The number of hydrogen-bond donors (Lipinski definition) is 2. The van der Waals surface area contributed by atoms with Crippen LogP contribution in [-0.2, 0) is 4.79 Å². The molecule has 1 aliphatic carbocycles. The van der Waals surface area contributed by atoms with Crippen LogP contribution in [0, 0.1) is 13.8 Å². The van der Waals surface area contributed by atoms with Gasteiger partial charge in [-0.15, -0.1) is 0 Å². The number of rotatable bonds is 9. The maximum atomic E-state index is 12.9. The predicted octanol–water partition coefficient (Wildman–Crippen LogP) is 7.15. The van der Waals surface area contributed by atoms with Gasteiger partial charge in [0, 0.05) is 28.2 Å². The van der Waals surface area contributed by atoms with Gasteiger partial charge >= 0.3 is 0 Å². The molecule has 0 radical (unpaired) electrons. The first kappa shape index (κ1) is 28.1. The van der Waals surface area contributed by atoms with Crippen LogP contribution < -0.4 is 10.7 Å². The monoisotopic (exact) mass is 546 g/mol. The van der Waals surface area contributed by atoms with Crippen molar-refractivity contribution in [2.45, 2.75) is 64.3 Å². The maximum Gasteiger partial charge on any atom is 0.251 e. The third-order valence-corrected chi connectivity index (χ3v) is 8.02. The minimum absolute atomic E-state index is 0.0618. The van der Waals surface area contributed by atoms with Gasteiger partial charge in [0.15, 0.2) is 0 Å². The molecule has 1 aromatic heterocycles. The normalized spacial score (nSPS) is 14.6.